The van der Waals surface area contributed by atoms with Gasteiger partial charge in [0.1, 0.15) is 5.73 Å². The van der Waals surface area contributed by atoms with Gasteiger partial charge in [-0.3, -0.25) is 0 Å². The Morgan fingerprint density at radius 3 is 2.52 bits per heavy atom. The van der Waals surface area contributed by atoms with Gasteiger partial charge in [-0.25, -0.2) is 4.39 Å². The van der Waals surface area contributed by atoms with Crippen molar-refractivity contribution in [2.24, 2.45) is 5.92 Å². The van der Waals surface area contributed by atoms with Crippen molar-refractivity contribution in [2.45, 2.75) is 51.2 Å². The number of hydrogen-bond donors (Lipinski definition) is 0. The molecule has 0 aromatic carbocycles. The van der Waals surface area contributed by atoms with Gasteiger partial charge < -0.3 is 9.31 Å². The maximum absolute atomic E-state index is 14.4. The molecule has 0 radical (unpaired) electrons. The van der Waals surface area contributed by atoms with Gasteiger partial charge in [-0.15, -0.1) is 11.3 Å². The van der Waals surface area contributed by atoms with Gasteiger partial charge in [-0.1, -0.05) is 6.08 Å². The molecule has 2 fully saturated rings. The lowest BCUT2D eigenvalue weighted by atomic mass is 9.87. The van der Waals surface area contributed by atoms with Gasteiger partial charge in [0.25, 0.3) is 0 Å². The van der Waals surface area contributed by atoms with Crippen LogP contribution < -0.4 is 0 Å². The third kappa shape index (κ3) is 3.00. The summed E-state index contributed by atoms with van der Waals surface area (Å²) in [6.45, 7) is 7.74. The van der Waals surface area contributed by atoms with Gasteiger partial charge >= 0.3 is 7.12 Å². The molecule has 3 rings (SSSR count). The summed E-state index contributed by atoms with van der Waals surface area (Å²) >= 11 is 5.18. The molecule has 2 aliphatic rings. The summed E-state index contributed by atoms with van der Waals surface area (Å²) < 4.78 is 26.9. The monoisotopic (exact) mass is 372 g/mol. The van der Waals surface area contributed by atoms with Crippen molar-refractivity contribution < 1.29 is 13.7 Å². The molecule has 1 saturated carbocycles. The molecule has 114 valence electrons. The first kappa shape index (κ1) is 15.7. The molecule has 2 atom stereocenters. The highest BCUT2D eigenvalue weighted by Gasteiger charge is 2.53. The largest absolute Gasteiger partial charge is 0.524 e. The minimum absolute atomic E-state index is 0.259. The number of allylic oxidation sites excluding steroid dienone is 1. The van der Waals surface area contributed by atoms with Crippen molar-refractivity contribution in [3.8, 4) is 0 Å². The number of hydrogen-bond acceptors (Lipinski definition) is 3. The predicted octanol–water partition coefficient (Wildman–Crippen LogP) is 5.10. The third-order valence-electron chi connectivity index (χ3n) is 4.64. The zero-order chi connectivity index (χ0) is 15.4. The first-order chi connectivity index (χ1) is 9.69. The molecule has 1 saturated heterocycles. The van der Waals surface area contributed by atoms with E-state index in [1.54, 1.807) is 17.4 Å². The van der Waals surface area contributed by atoms with Gasteiger partial charge in [-0.05, 0) is 62.0 Å². The van der Waals surface area contributed by atoms with Crippen molar-refractivity contribution in [3.05, 3.63) is 32.6 Å². The smallest absolute Gasteiger partial charge is 0.398 e. The van der Waals surface area contributed by atoms with Crippen LogP contribution >= 0.6 is 27.3 Å². The summed E-state index contributed by atoms with van der Waals surface area (Å²) in [6.07, 6.45) is 2.68. The summed E-state index contributed by atoms with van der Waals surface area (Å²) in [5.74, 6) is 0.698. The maximum atomic E-state index is 14.4. The van der Waals surface area contributed by atoms with Crippen LogP contribution in [0.4, 0.5) is 4.39 Å². The molecule has 1 aliphatic carbocycles. The first-order valence-electron chi connectivity index (χ1n) is 7.16. The molecule has 0 amide bonds. The Bertz CT molecular complexity index is 568. The molecule has 2 heterocycles. The Balaban J connectivity index is 1.66. The van der Waals surface area contributed by atoms with Crippen molar-refractivity contribution in [2.75, 3.05) is 0 Å². The van der Waals surface area contributed by atoms with E-state index in [4.69, 9.17) is 9.31 Å². The van der Waals surface area contributed by atoms with Crippen LogP contribution in [-0.2, 0) is 9.31 Å². The predicted molar refractivity (Wildman–Crippen MR) is 88.1 cm³/mol. The van der Waals surface area contributed by atoms with E-state index in [2.05, 4.69) is 27.4 Å². The SMILES string of the molecule is CC1(C)OB(C(F)=CC2CC2c2cc(Br)cs2)OC1(C)C. The molecule has 2 unspecified atom stereocenters. The topological polar surface area (TPSA) is 18.5 Å². The molecule has 0 bridgehead atoms. The lowest BCUT2D eigenvalue weighted by molar-refractivity contribution is 0.00578. The highest BCUT2D eigenvalue weighted by molar-refractivity contribution is 9.10. The van der Waals surface area contributed by atoms with Crippen LogP contribution in [-0.4, -0.2) is 18.3 Å². The van der Waals surface area contributed by atoms with Gasteiger partial charge in [-0.2, -0.15) is 0 Å². The quantitative estimate of drug-likeness (QED) is 0.687. The lowest BCUT2D eigenvalue weighted by Gasteiger charge is -2.32. The van der Waals surface area contributed by atoms with Crippen LogP contribution in [0.1, 0.15) is 44.9 Å². The van der Waals surface area contributed by atoms with E-state index in [9.17, 15) is 4.39 Å². The maximum Gasteiger partial charge on any atom is 0.524 e. The van der Waals surface area contributed by atoms with E-state index < -0.39 is 18.3 Å². The highest BCUT2D eigenvalue weighted by atomic mass is 79.9. The summed E-state index contributed by atoms with van der Waals surface area (Å²) in [6, 6.07) is 2.12. The molecule has 1 aliphatic heterocycles. The van der Waals surface area contributed by atoms with Gasteiger partial charge in [0.05, 0.1) is 11.2 Å². The summed E-state index contributed by atoms with van der Waals surface area (Å²) in [7, 11) is -0.869. The van der Waals surface area contributed by atoms with E-state index in [0.29, 0.717) is 5.92 Å². The number of rotatable bonds is 3. The van der Waals surface area contributed by atoms with Crippen LogP contribution in [0.3, 0.4) is 0 Å². The van der Waals surface area contributed by atoms with Crippen molar-refractivity contribution in [3.63, 3.8) is 0 Å². The van der Waals surface area contributed by atoms with Crippen LogP contribution in [0.25, 0.3) is 0 Å². The van der Waals surface area contributed by atoms with E-state index >= 15 is 0 Å². The fourth-order valence-electron chi connectivity index (χ4n) is 2.49. The van der Waals surface area contributed by atoms with E-state index in [0.717, 1.165) is 10.9 Å². The van der Waals surface area contributed by atoms with Crippen LogP contribution in [0.15, 0.2) is 27.7 Å². The fourth-order valence-corrected chi connectivity index (χ4v) is 4.12. The van der Waals surface area contributed by atoms with Crippen LogP contribution in [0.2, 0.25) is 0 Å². The normalized spacial score (nSPS) is 30.8. The van der Waals surface area contributed by atoms with Crippen LogP contribution in [0, 0.1) is 5.92 Å². The molecule has 21 heavy (non-hydrogen) atoms. The Labute approximate surface area is 138 Å². The number of thiophene rings is 1. The number of halogens is 2. The molecular formula is C15H19BBrFO2S. The average Bonchev–Trinajstić information content (AvgIpc) is 2.91. The average molecular weight is 373 g/mol. The van der Waals surface area contributed by atoms with Gasteiger partial charge in [0.15, 0.2) is 0 Å². The molecule has 1 aromatic heterocycles. The third-order valence-corrected chi connectivity index (χ3v) is 6.47. The molecule has 2 nitrogen and oxygen atoms in total. The van der Waals surface area contributed by atoms with E-state index in [1.807, 2.05) is 27.7 Å². The molecule has 6 heteroatoms. The van der Waals surface area contributed by atoms with Crippen molar-refractivity contribution in [1.82, 2.24) is 0 Å². The Hall–Kier alpha value is -0.165. The standard InChI is InChI=1S/C15H19BBrFO2S/c1-14(2)15(3,4)20-16(19-14)13(18)6-9-5-11(9)12-7-10(17)8-21-12/h6-9,11H,5H2,1-4H3. The van der Waals surface area contributed by atoms with Gasteiger partial charge in [0.2, 0.25) is 0 Å². The van der Waals surface area contributed by atoms with Crippen molar-refractivity contribution in [1.29, 1.82) is 0 Å². The van der Waals surface area contributed by atoms with Gasteiger partial charge in [0, 0.05) is 20.6 Å². The lowest BCUT2D eigenvalue weighted by Crippen LogP contribution is -2.41. The Kier molecular flexibility index (Phi) is 3.88. The zero-order valence-corrected chi connectivity index (χ0v) is 15.1. The highest BCUT2D eigenvalue weighted by Crippen LogP contribution is 2.51. The first-order valence-corrected chi connectivity index (χ1v) is 8.84. The molecule has 1 aromatic rings. The zero-order valence-electron chi connectivity index (χ0n) is 12.7. The van der Waals surface area contributed by atoms with Crippen molar-refractivity contribution >= 4 is 34.4 Å². The van der Waals surface area contributed by atoms with Crippen LogP contribution in [0.5, 0.6) is 0 Å². The minimum Gasteiger partial charge on any atom is -0.398 e. The molecule has 0 N–H and O–H groups in total. The minimum atomic E-state index is -0.869. The summed E-state index contributed by atoms with van der Waals surface area (Å²) in [5, 5.41) is 2.07. The second kappa shape index (κ2) is 5.19. The summed E-state index contributed by atoms with van der Waals surface area (Å²) in [4.78, 5) is 1.31. The Morgan fingerprint density at radius 2 is 2.00 bits per heavy atom. The molecule has 0 spiro atoms. The van der Waals surface area contributed by atoms with E-state index in [1.165, 1.54) is 4.88 Å². The van der Waals surface area contributed by atoms with E-state index in [-0.39, 0.29) is 11.6 Å². The second-order valence-corrected chi connectivity index (χ2v) is 8.67. The second-order valence-electron chi connectivity index (χ2n) is 6.81. The fraction of sp³-hybridized carbons (Fsp3) is 0.600. The summed E-state index contributed by atoms with van der Waals surface area (Å²) in [5.41, 5.74) is -1.29. The Morgan fingerprint density at radius 1 is 1.38 bits per heavy atom. The molecular weight excluding hydrogens is 354 g/mol.